The second kappa shape index (κ2) is 32.3. The molecule has 0 aromatic heterocycles. The zero-order chi connectivity index (χ0) is 31.4. The van der Waals surface area contributed by atoms with E-state index in [0.717, 1.165) is 0 Å². The van der Waals surface area contributed by atoms with Crippen molar-refractivity contribution in [1.82, 2.24) is 0 Å². The molecule has 4 aromatic carbocycles. The van der Waals surface area contributed by atoms with Crippen LogP contribution in [0.2, 0.25) is 0 Å². The summed E-state index contributed by atoms with van der Waals surface area (Å²) in [6, 6.07) is 44.1. The zero-order valence-electron chi connectivity index (χ0n) is 24.5. The predicted molar refractivity (Wildman–Crippen MR) is 178 cm³/mol. The van der Waals surface area contributed by atoms with Gasteiger partial charge in [-0.1, -0.05) is 121 Å². The third kappa shape index (κ3) is 18.9. The van der Waals surface area contributed by atoms with Gasteiger partial charge in [-0.05, 0) is 101 Å². The van der Waals surface area contributed by atoms with Gasteiger partial charge in [0, 0.05) is 48.0 Å². The monoisotopic (exact) mass is 966 g/mol. The minimum Gasteiger partial charge on any atom is -0.0622 e. The summed E-state index contributed by atoms with van der Waals surface area (Å²) in [6.45, 7) is 13.5. The zero-order valence-corrected chi connectivity index (χ0v) is 32.1. The van der Waals surface area contributed by atoms with E-state index in [0.29, 0.717) is 0 Å². The summed E-state index contributed by atoms with van der Waals surface area (Å²) >= 11 is 0. The standard InChI is InChI=1S/C25H22P2.2C5H5.3CO.2W/c1-5-13-22(14-6-1)26(23-15-7-2-8-16-23)21-27(24-17-9-3-10-18-24)25-19-11-4-12-20-25;2*1-2-4-5-3-1;3*1-2;;/h1-20H,21H2;2*1-5H;;;;;. The fourth-order valence-corrected chi connectivity index (χ4v) is 10.3. The van der Waals surface area contributed by atoms with E-state index < -0.39 is 15.8 Å². The van der Waals surface area contributed by atoms with Crippen molar-refractivity contribution in [2.24, 2.45) is 0 Å². The smallest absolute Gasteiger partial charge is 0.00405 e. The molecule has 0 atom stereocenters. The van der Waals surface area contributed by atoms with Crippen molar-refractivity contribution in [1.29, 1.82) is 0 Å². The van der Waals surface area contributed by atoms with Crippen LogP contribution in [0.25, 0.3) is 0 Å². The van der Waals surface area contributed by atoms with Crippen LogP contribution >= 0.6 is 15.8 Å². The van der Waals surface area contributed by atoms with E-state index in [2.05, 4.69) is 141 Å². The Bertz CT molecular complexity index is 1050. The van der Waals surface area contributed by atoms with Gasteiger partial charge < -0.3 is 0 Å². The Morgan fingerprint density at radius 3 is 0.622 bits per heavy atom. The van der Waals surface area contributed by atoms with Crippen molar-refractivity contribution in [3.8, 4) is 0 Å². The fourth-order valence-electron chi connectivity index (χ4n) is 3.84. The molecule has 0 aliphatic heterocycles. The molecule has 2 aliphatic carbocycles. The molecule has 224 valence electrons. The average molecular weight is 966 g/mol. The van der Waals surface area contributed by atoms with E-state index in [1.807, 2.05) is 64.2 Å². The van der Waals surface area contributed by atoms with E-state index >= 15 is 0 Å². The third-order valence-corrected chi connectivity index (χ3v) is 11.6. The maximum Gasteiger partial charge on any atom is 0.00405 e. The van der Waals surface area contributed by atoms with Crippen LogP contribution in [-0.2, 0) is 56.1 Å². The van der Waals surface area contributed by atoms with E-state index in [-0.39, 0.29) is 42.1 Å². The van der Waals surface area contributed by atoms with Crippen molar-refractivity contribution in [3.63, 3.8) is 0 Å². The van der Waals surface area contributed by atoms with Crippen molar-refractivity contribution >= 4 is 37.1 Å². The summed E-state index contributed by atoms with van der Waals surface area (Å²) in [5.41, 5.74) is 0. The Hall–Kier alpha value is -1.66. The summed E-state index contributed by atoms with van der Waals surface area (Å²) in [5.74, 6) is 1.17. The summed E-state index contributed by atoms with van der Waals surface area (Å²) < 4.78 is 22.5. The van der Waals surface area contributed by atoms with Crippen LogP contribution in [0.3, 0.4) is 0 Å². The second-order valence-electron chi connectivity index (χ2n) is 8.26. The Kier molecular flexibility index (Phi) is 32.6. The van der Waals surface area contributed by atoms with Gasteiger partial charge in [-0.3, -0.25) is 0 Å². The van der Waals surface area contributed by atoms with E-state index in [1.165, 1.54) is 27.1 Å². The van der Waals surface area contributed by atoms with E-state index in [9.17, 15) is 0 Å². The molecule has 0 heterocycles. The molecule has 7 heteroatoms. The van der Waals surface area contributed by atoms with Gasteiger partial charge in [0.25, 0.3) is 0 Å². The summed E-state index contributed by atoms with van der Waals surface area (Å²) in [4.78, 5) is 0. The van der Waals surface area contributed by atoms with Crippen molar-refractivity contribution in [2.45, 2.75) is 0 Å². The molecule has 0 spiro atoms. The maximum absolute atomic E-state index is 7.50. The van der Waals surface area contributed by atoms with Gasteiger partial charge in [0.1, 0.15) is 0 Å². The topological polar surface area (TPSA) is 59.7 Å². The van der Waals surface area contributed by atoms with Crippen LogP contribution in [0, 0.1) is 84.2 Å². The van der Waals surface area contributed by atoms with Gasteiger partial charge in [-0.2, -0.15) is 0 Å². The first kappa shape index (κ1) is 45.5. The maximum atomic E-state index is 7.50. The predicted octanol–water partition coefficient (Wildman–Crippen LogP) is 7.14. The molecule has 6 rings (SSSR count). The molecule has 3 nitrogen and oxygen atoms in total. The first-order valence-corrected chi connectivity index (χ1v) is 16.2. The Morgan fingerprint density at radius 2 is 0.467 bits per heavy atom. The van der Waals surface area contributed by atoms with Crippen LogP contribution in [0.1, 0.15) is 0 Å². The van der Waals surface area contributed by atoms with Gasteiger partial charge >= 0.3 is 33.9 Å². The first-order chi connectivity index (χ1) is 21.4. The number of rotatable bonds is 6. The van der Waals surface area contributed by atoms with Crippen molar-refractivity contribution in [3.05, 3.63) is 205 Å². The third-order valence-electron chi connectivity index (χ3n) is 5.67. The van der Waals surface area contributed by atoms with Crippen LogP contribution < -0.4 is 21.2 Å². The summed E-state index contributed by atoms with van der Waals surface area (Å²) in [5, 5.41) is 5.83. The summed E-state index contributed by atoms with van der Waals surface area (Å²) in [7, 11) is -0.817. The Balaban J connectivity index is 0. The van der Waals surface area contributed by atoms with Gasteiger partial charge in [0.15, 0.2) is 0 Å². The molecular formula is C38H32O3P2W2. The molecule has 2 saturated carbocycles. The fraction of sp³-hybridized carbons (Fsp3) is 0.0263. The number of hydrogen-bond acceptors (Lipinski definition) is 0. The SMILES string of the molecule is [C-]#[O+].[C-]#[O+].[C-]#[O+].[CH]1[CH][CH][CH][CH]1.[CH]1[CH][CH][CH][CH]1.[W].[W].c1ccc(P(CP(c2ccccc2)c2ccccc2)c2ccccc2)cc1. The Morgan fingerprint density at radius 1 is 0.311 bits per heavy atom. The summed E-state index contributed by atoms with van der Waals surface area (Å²) in [6.07, 6.45) is 20.0. The Labute approximate surface area is 302 Å². The molecule has 0 saturated heterocycles. The van der Waals surface area contributed by atoms with E-state index in [1.54, 1.807) is 0 Å². The molecule has 0 unspecified atom stereocenters. The molecule has 10 radical (unpaired) electrons. The van der Waals surface area contributed by atoms with Gasteiger partial charge in [0.05, 0.1) is 0 Å². The minimum atomic E-state index is -0.409. The largest absolute Gasteiger partial charge is 0.0622 e. The van der Waals surface area contributed by atoms with Crippen molar-refractivity contribution < 1.29 is 56.1 Å². The van der Waals surface area contributed by atoms with Crippen LogP contribution in [0.5, 0.6) is 0 Å². The van der Waals surface area contributed by atoms with Gasteiger partial charge in [0.2, 0.25) is 0 Å². The minimum absolute atomic E-state index is 0. The molecule has 0 bridgehead atoms. The molecule has 2 aliphatic rings. The molecule has 4 aromatic rings. The van der Waals surface area contributed by atoms with Gasteiger partial charge in [-0.25, -0.2) is 0 Å². The van der Waals surface area contributed by atoms with Crippen LogP contribution in [0.15, 0.2) is 121 Å². The molecule has 45 heavy (non-hydrogen) atoms. The quantitative estimate of drug-likeness (QED) is 0.112. The average Bonchev–Trinajstić information content (AvgIpc) is 3.91. The van der Waals surface area contributed by atoms with E-state index in [4.69, 9.17) is 14.0 Å². The van der Waals surface area contributed by atoms with Crippen LogP contribution in [-0.4, -0.2) is 5.90 Å². The normalized spacial score (nSPS) is 12.1. The van der Waals surface area contributed by atoms with Gasteiger partial charge in [-0.15, -0.1) is 0 Å². The molecule has 0 N–H and O–H groups in total. The molecule has 2 fully saturated rings. The number of benzene rings is 4. The van der Waals surface area contributed by atoms with Crippen molar-refractivity contribution in [2.75, 3.05) is 5.90 Å². The number of hydrogen-bond donors (Lipinski definition) is 0. The second-order valence-corrected chi connectivity index (χ2v) is 13.2. The molecule has 0 amide bonds. The molecular weight excluding hydrogens is 934 g/mol. The first-order valence-electron chi connectivity index (χ1n) is 13.1. The van der Waals surface area contributed by atoms with Crippen LogP contribution in [0.4, 0.5) is 0 Å².